The summed E-state index contributed by atoms with van der Waals surface area (Å²) < 4.78 is 67.6. The lowest BCUT2D eigenvalue weighted by atomic mass is 10.1. The number of aromatic nitrogens is 8. The molecule has 0 saturated carbocycles. The molecule has 3 aliphatic rings. The molecule has 7 N–H and O–H groups in total. The molecule has 0 aromatic carbocycles. The monoisotopic (exact) mass is 703 g/mol. The summed E-state index contributed by atoms with van der Waals surface area (Å²) in [6, 6.07) is 0. The Kier molecular flexibility index (Phi) is 8.24. The third-order valence-corrected chi connectivity index (χ3v) is 9.63. The smallest absolute Gasteiger partial charge is 0.386 e. The molecule has 7 rings (SSSR count). The van der Waals surface area contributed by atoms with Crippen molar-refractivity contribution in [2.45, 2.75) is 56.0 Å². The summed E-state index contributed by atoms with van der Waals surface area (Å²) in [7, 11) is -10.2. The Balaban J connectivity index is 1.23. The number of anilines is 1. The van der Waals surface area contributed by atoms with Crippen LogP contribution in [0, 0.1) is 6.92 Å². The Morgan fingerprint density at radius 2 is 1.60 bits per heavy atom. The highest BCUT2D eigenvalue weighted by molar-refractivity contribution is 7.47. The minimum Gasteiger partial charge on any atom is -0.386 e. The normalized spacial score (nSPS) is 36.6. The van der Waals surface area contributed by atoms with Gasteiger partial charge in [0.25, 0.3) is 5.56 Å². The number of hydrogen-bond donors (Lipinski definition) is 6. The molecule has 23 nitrogen and oxygen atoms in total. The van der Waals surface area contributed by atoms with Crippen LogP contribution in [0.2, 0.25) is 0 Å². The van der Waals surface area contributed by atoms with Gasteiger partial charge in [-0.1, -0.05) is 0 Å². The van der Waals surface area contributed by atoms with Gasteiger partial charge in [-0.15, -0.1) is 0 Å². The molecule has 3 saturated heterocycles. The van der Waals surface area contributed by atoms with Crippen LogP contribution in [-0.4, -0.2) is 116 Å². The van der Waals surface area contributed by atoms with Gasteiger partial charge in [-0.25, -0.2) is 34.0 Å². The average Bonchev–Trinajstić information content (AvgIpc) is 3.76. The Labute approximate surface area is 261 Å². The van der Waals surface area contributed by atoms with Gasteiger partial charge in [0.2, 0.25) is 0 Å². The molecule has 47 heavy (non-hydrogen) atoms. The van der Waals surface area contributed by atoms with Crippen molar-refractivity contribution in [3.8, 4) is 0 Å². The van der Waals surface area contributed by atoms with Crippen molar-refractivity contribution in [2.75, 3.05) is 25.7 Å². The van der Waals surface area contributed by atoms with E-state index in [1.165, 1.54) is 22.4 Å². The quantitative estimate of drug-likeness (QED) is 0.102. The van der Waals surface area contributed by atoms with Crippen molar-refractivity contribution in [1.29, 1.82) is 0 Å². The van der Waals surface area contributed by atoms with Gasteiger partial charge in [-0.3, -0.25) is 32.0 Å². The maximum Gasteiger partial charge on any atom is 0.472 e. The first-order valence-corrected chi connectivity index (χ1v) is 16.7. The first-order chi connectivity index (χ1) is 22.4. The van der Waals surface area contributed by atoms with Gasteiger partial charge in [0.15, 0.2) is 35.1 Å². The van der Waals surface area contributed by atoms with Gasteiger partial charge in [-0.2, -0.15) is 0 Å². The number of fused-ring (bicyclic) bond motifs is 5. The van der Waals surface area contributed by atoms with Crippen molar-refractivity contribution in [2.24, 2.45) is 0 Å². The number of nitrogens with zero attached hydrogens (tertiary/aromatic N) is 7. The largest absolute Gasteiger partial charge is 0.472 e. The number of H-pyrrole nitrogens is 1. The second-order valence-electron chi connectivity index (χ2n) is 10.6. The molecule has 2 bridgehead atoms. The van der Waals surface area contributed by atoms with E-state index in [1.54, 1.807) is 0 Å². The zero-order valence-corrected chi connectivity index (χ0v) is 25.7. The molecule has 3 fully saturated rings. The van der Waals surface area contributed by atoms with Crippen LogP contribution >= 0.6 is 15.6 Å². The van der Waals surface area contributed by atoms with Crippen LogP contribution in [0.25, 0.3) is 22.3 Å². The molecule has 4 aromatic rings. The lowest BCUT2D eigenvalue weighted by molar-refractivity contribution is -0.106. The molecule has 0 radical (unpaired) electrons. The number of aliphatic hydroxyl groups excluding tert-OH is 2. The summed E-state index contributed by atoms with van der Waals surface area (Å²) in [5, 5.41) is 20.8. The summed E-state index contributed by atoms with van der Waals surface area (Å²) in [4.78, 5) is 56.9. The molecule has 0 amide bonds. The van der Waals surface area contributed by atoms with Gasteiger partial charge < -0.3 is 44.9 Å². The maximum atomic E-state index is 13.4. The number of phosphoric acid groups is 2. The molecule has 0 spiro atoms. The van der Waals surface area contributed by atoms with Crippen LogP contribution < -0.4 is 11.3 Å². The number of nitrogen functional groups attached to an aromatic ring is 1. The fourth-order valence-corrected chi connectivity index (χ4v) is 7.55. The molecular weight excluding hydrogens is 676 g/mol. The van der Waals surface area contributed by atoms with E-state index in [0.29, 0.717) is 0 Å². The van der Waals surface area contributed by atoms with Crippen LogP contribution in [0.15, 0.2) is 23.8 Å². The van der Waals surface area contributed by atoms with Gasteiger partial charge in [0.1, 0.15) is 61.1 Å². The van der Waals surface area contributed by atoms with E-state index >= 15 is 0 Å². The highest BCUT2D eigenvalue weighted by Gasteiger charge is 2.54. The van der Waals surface area contributed by atoms with Crippen molar-refractivity contribution < 1.29 is 61.4 Å². The first-order valence-electron chi connectivity index (χ1n) is 13.7. The van der Waals surface area contributed by atoms with Crippen molar-refractivity contribution in [3.63, 3.8) is 0 Å². The number of nitrogens with one attached hydrogen (secondary N) is 1. The molecule has 3 aliphatic heterocycles. The maximum absolute atomic E-state index is 13.4. The average molecular weight is 703 g/mol. The molecule has 25 heteroatoms. The Morgan fingerprint density at radius 1 is 0.957 bits per heavy atom. The zero-order chi connectivity index (χ0) is 33.2. The van der Waals surface area contributed by atoms with E-state index < -0.39 is 90.3 Å². The fourth-order valence-electron chi connectivity index (χ4n) is 5.66. The molecule has 4 aromatic heterocycles. The van der Waals surface area contributed by atoms with Gasteiger partial charge in [-0.05, 0) is 6.92 Å². The number of phosphoric ester groups is 2. The SMILES string of the molecule is Cc1nc2c(ncn2[C@@H]2O[C@@H]3COP(=O)(O)OC4[C@@H](COP(=O)(O)OC2[C@H]3OCO)O[C@@H](n2cnc3c(N)ncnc32)[C@H]4O)c(=O)[nH]1. The number of ether oxygens (including phenoxy) is 3. The number of aliphatic hydroxyl groups is 2. The second-order valence-corrected chi connectivity index (χ2v) is 13.4. The third-order valence-electron chi connectivity index (χ3n) is 7.66. The number of aromatic amines is 1. The fraction of sp³-hybridized carbons (Fsp3) is 0.545. The minimum absolute atomic E-state index is 0.00131. The van der Waals surface area contributed by atoms with E-state index in [2.05, 4.69) is 29.9 Å². The number of nitrogens with two attached hydrogens (primary N) is 1. The van der Waals surface area contributed by atoms with E-state index in [4.69, 9.17) is 38.0 Å². The molecule has 0 aliphatic carbocycles. The van der Waals surface area contributed by atoms with Gasteiger partial charge >= 0.3 is 15.6 Å². The first kappa shape index (κ1) is 32.3. The predicted molar refractivity (Wildman–Crippen MR) is 150 cm³/mol. The third kappa shape index (κ3) is 5.88. The highest BCUT2D eigenvalue weighted by Crippen LogP contribution is 2.54. The van der Waals surface area contributed by atoms with Crippen LogP contribution in [0.4, 0.5) is 5.82 Å². The van der Waals surface area contributed by atoms with Gasteiger partial charge in [0.05, 0.1) is 25.9 Å². The summed E-state index contributed by atoms with van der Waals surface area (Å²) >= 11 is 0. The predicted octanol–water partition coefficient (Wildman–Crippen LogP) is -1.64. The molecule has 254 valence electrons. The van der Waals surface area contributed by atoms with E-state index in [9.17, 15) is 33.9 Å². The van der Waals surface area contributed by atoms with Crippen LogP contribution in [0.5, 0.6) is 0 Å². The Bertz CT molecular complexity index is 1970. The van der Waals surface area contributed by atoms with Crippen LogP contribution in [0.3, 0.4) is 0 Å². The number of aryl methyl sites for hydroxylation is 1. The standard InChI is InChI=1S/C22H27N9O14P2/c1-8-28-19-12(20(34)29-8)27-6-31(19)22-16-15(39-7-32)10(43-22)3-41-46(35,36)44-14-9(2-40-47(37,38)45-16)42-21(13(14)33)30-5-26-11-17(23)24-4-25-18(11)30/h4-6,9-10,13-16,21-22,32-33H,2-3,7H2,1H3,(H,35,36)(H,37,38)(H2,23,24,25)(H,28,29,34)/t9-,10-,13+,14?,15+,16?,21-,22-/m1/s1. The number of imidazole rings is 2. The van der Waals surface area contributed by atoms with Crippen molar-refractivity contribution in [1.82, 2.24) is 39.0 Å². The highest BCUT2D eigenvalue weighted by atomic mass is 31.2. The van der Waals surface area contributed by atoms with Crippen LogP contribution in [-0.2, 0) is 41.4 Å². The lowest BCUT2D eigenvalue weighted by Crippen LogP contribution is -2.38. The van der Waals surface area contributed by atoms with Gasteiger partial charge in [0, 0.05) is 0 Å². The minimum atomic E-state index is -5.11. The molecule has 7 heterocycles. The molecular formula is C22H27N9O14P2. The zero-order valence-electron chi connectivity index (χ0n) is 23.9. The summed E-state index contributed by atoms with van der Waals surface area (Å²) in [6.45, 7) is -1.01. The van der Waals surface area contributed by atoms with E-state index in [-0.39, 0.29) is 34.0 Å². The van der Waals surface area contributed by atoms with Crippen molar-refractivity contribution in [3.05, 3.63) is 35.2 Å². The topological polar surface area (TPSA) is 313 Å². The van der Waals surface area contributed by atoms with E-state index in [1.807, 2.05) is 0 Å². The molecule has 4 unspecified atom stereocenters. The van der Waals surface area contributed by atoms with Crippen LogP contribution in [0.1, 0.15) is 18.3 Å². The van der Waals surface area contributed by atoms with Crippen molar-refractivity contribution >= 4 is 43.8 Å². The lowest BCUT2D eigenvalue weighted by Gasteiger charge is -2.26. The summed E-state index contributed by atoms with van der Waals surface area (Å²) in [5.74, 6) is 0.251. The summed E-state index contributed by atoms with van der Waals surface area (Å²) in [5.41, 5.74) is 5.50. The Morgan fingerprint density at radius 3 is 2.32 bits per heavy atom. The van der Waals surface area contributed by atoms with E-state index in [0.717, 1.165) is 12.7 Å². The Hall–Kier alpha value is -3.28. The summed E-state index contributed by atoms with van der Waals surface area (Å²) in [6.07, 6.45) is -8.46. The number of rotatable bonds is 4. The second kappa shape index (κ2) is 12.0. The number of hydrogen-bond acceptors (Lipinski definition) is 18. The molecule has 10 atom stereocenters.